The standard InChI is InChI=1S/C24H26N2O8/c1-5-32-24(31)21-20(14(3)27)15(4)34-22(21)25-18(28)12-33-23(30)16-10-19(29)26(11-16)17-8-6-13(2)7-9-17/h6-9,16H,5,10-12H2,1-4H3,(H,25,28). The minimum Gasteiger partial charge on any atom is -0.462 e. The van der Waals surface area contributed by atoms with E-state index in [0.717, 1.165) is 5.56 Å². The third kappa shape index (κ3) is 5.33. The van der Waals surface area contributed by atoms with Gasteiger partial charge in [-0.1, -0.05) is 17.7 Å². The predicted octanol–water partition coefficient (Wildman–Crippen LogP) is 2.81. The van der Waals surface area contributed by atoms with Crippen LogP contribution in [0.4, 0.5) is 11.6 Å². The van der Waals surface area contributed by atoms with Crippen molar-refractivity contribution in [1.82, 2.24) is 0 Å². The van der Waals surface area contributed by atoms with Gasteiger partial charge in [0.25, 0.3) is 5.91 Å². The molecule has 1 saturated heterocycles. The number of anilines is 2. The number of aryl methyl sites for hydroxylation is 2. The van der Waals surface area contributed by atoms with Gasteiger partial charge in [-0.2, -0.15) is 0 Å². The van der Waals surface area contributed by atoms with Crippen molar-refractivity contribution in [1.29, 1.82) is 0 Å². The fourth-order valence-corrected chi connectivity index (χ4v) is 3.71. The molecule has 1 fully saturated rings. The lowest BCUT2D eigenvalue weighted by Crippen LogP contribution is -2.28. The number of nitrogens with one attached hydrogen (secondary N) is 1. The van der Waals surface area contributed by atoms with E-state index in [1.165, 1.54) is 18.7 Å². The number of ether oxygens (including phenoxy) is 2. The van der Waals surface area contributed by atoms with Crippen molar-refractivity contribution in [3.63, 3.8) is 0 Å². The number of amides is 2. The summed E-state index contributed by atoms with van der Waals surface area (Å²) in [5.74, 6) is -3.76. The van der Waals surface area contributed by atoms with E-state index in [9.17, 15) is 24.0 Å². The minimum absolute atomic E-state index is 0.00594. The van der Waals surface area contributed by atoms with Gasteiger partial charge in [-0.15, -0.1) is 0 Å². The maximum Gasteiger partial charge on any atom is 0.344 e. The van der Waals surface area contributed by atoms with E-state index < -0.39 is 36.2 Å². The molecule has 3 rings (SSSR count). The van der Waals surface area contributed by atoms with Crippen LogP contribution in [0.3, 0.4) is 0 Å². The van der Waals surface area contributed by atoms with Crippen LogP contribution in [-0.4, -0.2) is 49.3 Å². The Morgan fingerprint density at radius 1 is 1.09 bits per heavy atom. The average Bonchev–Trinajstić information content (AvgIpc) is 3.32. The molecule has 0 aliphatic carbocycles. The van der Waals surface area contributed by atoms with Crippen molar-refractivity contribution < 1.29 is 37.9 Å². The van der Waals surface area contributed by atoms with Gasteiger partial charge >= 0.3 is 11.9 Å². The summed E-state index contributed by atoms with van der Waals surface area (Å²) < 4.78 is 15.4. The Morgan fingerprint density at radius 2 is 1.76 bits per heavy atom. The van der Waals surface area contributed by atoms with Crippen LogP contribution >= 0.6 is 0 Å². The van der Waals surface area contributed by atoms with Gasteiger partial charge in [-0.05, 0) is 39.8 Å². The minimum atomic E-state index is -0.822. The van der Waals surface area contributed by atoms with Crippen LogP contribution in [0.15, 0.2) is 28.7 Å². The summed E-state index contributed by atoms with van der Waals surface area (Å²) in [5, 5.41) is 2.35. The summed E-state index contributed by atoms with van der Waals surface area (Å²) in [4.78, 5) is 63.0. The third-order valence-electron chi connectivity index (χ3n) is 5.32. The molecule has 180 valence electrons. The normalized spacial score (nSPS) is 15.2. The number of furan rings is 1. The van der Waals surface area contributed by atoms with Crippen molar-refractivity contribution in [2.24, 2.45) is 5.92 Å². The predicted molar refractivity (Wildman–Crippen MR) is 121 cm³/mol. The first-order chi connectivity index (χ1) is 16.1. The lowest BCUT2D eigenvalue weighted by atomic mass is 10.1. The Bertz CT molecular complexity index is 1130. The fraction of sp³-hybridized carbons (Fsp3) is 0.375. The summed E-state index contributed by atoms with van der Waals surface area (Å²) >= 11 is 0. The van der Waals surface area contributed by atoms with Gasteiger partial charge in [0.1, 0.15) is 11.3 Å². The Balaban J connectivity index is 1.62. The molecule has 2 aromatic rings. The van der Waals surface area contributed by atoms with Gasteiger partial charge < -0.3 is 18.8 Å². The zero-order chi connectivity index (χ0) is 25.0. The SMILES string of the molecule is CCOC(=O)c1c(NC(=O)COC(=O)C2CC(=O)N(c3ccc(C)cc3)C2)oc(C)c1C(C)=O. The van der Waals surface area contributed by atoms with Gasteiger partial charge in [-0.25, -0.2) is 4.79 Å². The molecular formula is C24H26N2O8. The molecule has 1 aromatic heterocycles. The third-order valence-corrected chi connectivity index (χ3v) is 5.32. The van der Waals surface area contributed by atoms with E-state index >= 15 is 0 Å². The van der Waals surface area contributed by atoms with Crippen LogP contribution in [0, 0.1) is 19.8 Å². The summed E-state index contributed by atoms with van der Waals surface area (Å²) in [6.07, 6.45) is -0.0271. The first-order valence-corrected chi connectivity index (χ1v) is 10.8. The van der Waals surface area contributed by atoms with Crippen LogP contribution < -0.4 is 10.2 Å². The zero-order valence-corrected chi connectivity index (χ0v) is 19.4. The van der Waals surface area contributed by atoms with E-state index in [1.54, 1.807) is 19.1 Å². The fourth-order valence-electron chi connectivity index (χ4n) is 3.71. The first kappa shape index (κ1) is 24.7. The summed E-state index contributed by atoms with van der Waals surface area (Å²) in [5.41, 5.74) is 1.54. The van der Waals surface area contributed by atoms with Gasteiger partial charge in [0.05, 0.1) is 18.1 Å². The zero-order valence-electron chi connectivity index (χ0n) is 19.4. The van der Waals surface area contributed by atoms with Crippen LogP contribution in [-0.2, 0) is 23.9 Å². The number of hydrogen-bond acceptors (Lipinski definition) is 8. The molecule has 1 N–H and O–H groups in total. The summed E-state index contributed by atoms with van der Waals surface area (Å²) in [6.45, 7) is 5.82. The number of rotatable bonds is 8. The largest absolute Gasteiger partial charge is 0.462 e. The van der Waals surface area contributed by atoms with Crippen LogP contribution in [0.25, 0.3) is 0 Å². The first-order valence-electron chi connectivity index (χ1n) is 10.8. The molecule has 1 aliphatic heterocycles. The van der Waals surface area contributed by atoms with Gasteiger partial charge in [0, 0.05) is 18.7 Å². The number of benzene rings is 1. The van der Waals surface area contributed by atoms with E-state index in [2.05, 4.69) is 5.32 Å². The molecule has 0 spiro atoms. The molecule has 34 heavy (non-hydrogen) atoms. The van der Waals surface area contributed by atoms with Crippen molar-refractivity contribution in [3.05, 3.63) is 46.7 Å². The molecule has 0 saturated carbocycles. The van der Waals surface area contributed by atoms with Crippen LogP contribution in [0.2, 0.25) is 0 Å². The quantitative estimate of drug-likeness (QED) is 0.460. The maximum absolute atomic E-state index is 12.5. The van der Waals surface area contributed by atoms with Crippen LogP contribution in [0.5, 0.6) is 0 Å². The molecular weight excluding hydrogens is 444 g/mol. The highest BCUT2D eigenvalue weighted by Crippen LogP contribution is 2.29. The number of ketones is 1. The highest BCUT2D eigenvalue weighted by Gasteiger charge is 2.36. The molecule has 10 nitrogen and oxygen atoms in total. The van der Waals surface area contributed by atoms with Crippen molar-refractivity contribution >= 4 is 41.1 Å². The second-order valence-corrected chi connectivity index (χ2v) is 7.91. The second kappa shape index (κ2) is 10.3. The number of carbonyl (C=O) groups is 5. The lowest BCUT2D eigenvalue weighted by molar-refractivity contribution is -0.151. The van der Waals surface area contributed by atoms with E-state index in [1.807, 2.05) is 19.1 Å². The smallest absolute Gasteiger partial charge is 0.344 e. The van der Waals surface area contributed by atoms with Crippen LogP contribution in [0.1, 0.15) is 52.3 Å². The maximum atomic E-state index is 12.5. The van der Waals surface area contributed by atoms with Crippen molar-refractivity contribution in [2.45, 2.75) is 34.1 Å². The molecule has 10 heteroatoms. The van der Waals surface area contributed by atoms with Gasteiger partial charge in [0.15, 0.2) is 12.4 Å². The molecule has 1 unspecified atom stereocenters. The number of Topliss-reactive ketones (excluding diaryl/α,β-unsaturated/α-hetero) is 1. The Morgan fingerprint density at radius 3 is 2.38 bits per heavy atom. The van der Waals surface area contributed by atoms with Gasteiger partial charge in [0.2, 0.25) is 11.8 Å². The van der Waals surface area contributed by atoms with Crippen molar-refractivity contribution in [3.8, 4) is 0 Å². The molecule has 2 amide bonds. The Labute approximate surface area is 196 Å². The van der Waals surface area contributed by atoms with E-state index in [0.29, 0.717) is 5.69 Å². The van der Waals surface area contributed by atoms with E-state index in [4.69, 9.17) is 13.9 Å². The average molecular weight is 470 g/mol. The number of nitrogens with zero attached hydrogens (tertiary/aromatic N) is 1. The molecule has 2 heterocycles. The topological polar surface area (TPSA) is 132 Å². The monoisotopic (exact) mass is 470 g/mol. The highest BCUT2D eigenvalue weighted by atomic mass is 16.5. The van der Waals surface area contributed by atoms with Gasteiger partial charge in [-0.3, -0.25) is 24.5 Å². The lowest BCUT2D eigenvalue weighted by Gasteiger charge is -2.16. The molecule has 0 bridgehead atoms. The summed E-state index contributed by atoms with van der Waals surface area (Å²) in [7, 11) is 0. The number of carbonyl (C=O) groups excluding carboxylic acids is 5. The Hall–Kier alpha value is -3.95. The molecule has 1 atom stereocenters. The number of esters is 2. The summed E-state index contributed by atoms with van der Waals surface area (Å²) in [6, 6.07) is 7.35. The number of hydrogen-bond donors (Lipinski definition) is 1. The van der Waals surface area contributed by atoms with E-state index in [-0.39, 0.29) is 48.3 Å². The van der Waals surface area contributed by atoms with Crippen molar-refractivity contribution in [2.75, 3.05) is 30.0 Å². The molecule has 1 aromatic carbocycles. The second-order valence-electron chi connectivity index (χ2n) is 7.91. The highest BCUT2D eigenvalue weighted by molar-refractivity contribution is 6.11. The molecule has 1 aliphatic rings. The Kier molecular flexibility index (Phi) is 7.50. The molecule has 0 radical (unpaired) electrons.